The fourth-order valence-corrected chi connectivity index (χ4v) is 1.58. The van der Waals surface area contributed by atoms with Crippen LogP contribution in [0.1, 0.15) is 40.5 Å². The van der Waals surface area contributed by atoms with Crippen LogP contribution in [-0.4, -0.2) is 40.6 Å². The zero-order chi connectivity index (χ0) is 12.6. The summed E-state index contributed by atoms with van der Waals surface area (Å²) in [5.74, 6) is 0.0524. The summed E-state index contributed by atoms with van der Waals surface area (Å²) in [5.41, 5.74) is 4.89. The van der Waals surface area contributed by atoms with Crippen LogP contribution in [-0.2, 0) is 4.79 Å². The Morgan fingerprint density at radius 2 is 1.88 bits per heavy atom. The molecule has 0 aromatic rings. The van der Waals surface area contributed by atoms with Crippen molar-refractivity contribution in [3.8, 4) is 0 Å². The van der Waals surface area contributed by atoms with Gasteiger partial charge in [0.25, 0.3) is 0 Å². The van der Waals surface area contributed by atoms with Gasteiger partial charge in [-0.15, -0.1) is 0 Å². The Morgan fingerprint density at radius 1 is 1.38 bits per heavy atom. The van der Waals surface area contributed by atoms with Gasteiger partial charge in [-0.1, -0.05) is 0 Å². The van der Waals surface area contributed by atoms with Gasteiger partial charge >= 0.3 is 0 Å². The molecule has 0 heterocycles. The zero-order valence-corrected chi connectivity index (χ0v) is 10.8. The van der Waals surface area contributed by atoms with Crippen molar-refractivity contribution >= 4 is 5.91 Å². The highest BCUT2D eigenvalue weighted by atomic mass is 16.3. The van der Waals surface area contributed by atoms with E-state index in [0.717, 1.165) is 12.8 Å². The second-order valence-electron chi connectivity index (χ2n) is 5.80. The lowest BCUT2D eigenvalue weighted by atomic mass is 9.74. The molecule has 94 valence electrons. The second kappa shape index (κ2) is 4.34. The normalized spacial score (nSPS) is 17.4. The smallest absolute Gasteiger partial charge is 0.230 e. The number of nitrogens with two attached hydrogens (primary N) is 1. The van der Waals surface area contributed by atoms with Gasteiger partial charge in [-0.05, 0) is 40.5 Å². The van der Waals surface area contributed by atoms with Crippen molar-refractivity contribution in [2.45, 2.75) is 52.1 Å². The molecule has 0 unspecified atom stereocenters. The minimum absolute atomic E-state index is 0.0172. The van der Waals surface area contributed by atoms with E-state index in [0.29, 0.717) is 12.6 Å². The highest BCUT2D eigenvalue weighted by molar-refractivity contribution is 5.84. The number of aliphatic hydroxyl groups is 1. The summed E-state index contributed by atoms with van der Waals surface area (Å²) in [5, 5.41) is 9.01. The first-order chi connectivity index (χ1) is 7.21. The molecule has 0 aromatic carbocycles. The molecule has 4 nitrogen and oxygen atoms in total. The molecule has 0 atom stereocenters. The van der Waals surface area contributed by atoms with Crippen molar-refractivity contribution in [3.63, 3.8) is 0 Å². The summed E-state index contributed by atoms with van der Waals surface area (Å²) >= 11 is 0. The molecule has 0 aliphatic heterocycles. The highest BCUT2D eigenvalue weighted by Gasteiger charge is 2.45. The van der Waals surface area contributed by atoms with Crippen LogP contribution in [0.15, 0.2) is 0 Å². The lowest BCUT2D eigenvalue weighted by molar-refractivity contribution is -0.144. The first-order valence-corrected chi connectivity index (χ1v) is 5.92. The molecular weight excluding hydrogens is 204 g/mol. The van der Waals surface area contributed by atoms with E-state index in [9.17, 15) is 4.79 Å². The van der Waals surface area contributed by atoms with E-state index in [1.165, 1.54) is 0 Å². The Kier molecular flexibility index (Phi) is 3.65. The molecule has 1 saturated carbocycles. The molecule has 1 amide bonds. The number of rotatable bonds is 5. The van der Waals surface area contributed by atoms with Crippen molar-refractivity contribution in [3.05, 3.63) is 0 Å². The van der Waals surface area contributed by atoms with Crippen LogP contribution in [0.5, 0.6) is 0 Å². The van der Waals surface area contributed by atoms with Crippen LogP contribution in [0.3, 0.4) is 0 Å². The molecule has 0 spiro atoms. The van der Waals surface area contributed by atoms with Crippen molar-refractivity contribution < 1.29 is 9.90 Å². The number of carbonyl (C=O) groups is 1. The largest absolute Gasteiger partial charge is 0.395 e. The first kappa shape index (κ1) is 13.5. The van der Waals surface area contributed by atoms with Crippen LogP contribution >= 0.6 is 0 Å². The monoisotopic (exact) mass is 228 g/mol. The Labute approximate surface area is 97.8 Å². The van der Waals surface area contributed by atoms with Gasteiger partial charge in [-0.3, -0.25) is 4.79 Å². The van der Waals surface area contributed by atoms with E-state index < -0.39 is 11.0 Å². The summed E-state index contributed by atoms with van der Waals surface area (Å²) in [7, 11) is 0. The Morgan fingerprint density at radius 3 is 2.19 bits per heavy atom. The van der Waals surface area contributed by atoms with Crippen LogP contribution in [0, 0.1) is 5.41 Å². The summed E-state index contributed by atoms with van der Waals surface area (Å²) in [6.45, 7) is 7.93. The van der Waals surface area contributed by atoms with Gasteiger partial charge in [-0.25, -0.2) is 0 Å². The maximum Gasteiger partial charge on any atom is 0.230 e. The van der Waals surface area contributed by atoms with Crippen molar-refractivity contribution in [1.29, 1.82) is 0 Å². The lowest BCUT2D eigenvalue weighted by Crippen LogP contribution is -2.57. The Bertz CT molecular complexity index is 265. The third-order valence-electron chi connectivity index (χ3n) is 3.73. The van der Waals surface area contributed by atoms with E-state index in [2.05, 4.69) is 0 Å². The van der Waals surface area contributed by atoms with Crippen LogP contribution in [0.25, 0.3) is 0 Å². The predicted octanol–water partition coefficient (Wildman–Crippen LogP) is 0.733. The molecule has 0 radical (unpaired) electrons. The number of amides is 1. The predicted molar refractivity (Wildman–Crippen MR) is 63.9 cm³/mol. The number of aliphatic hydroxyl groups excluding tert-OH is 1. The summed E-state index contributed by atoms with van der Waals surface area (Å²) in [4.78, 5) is 14.2. The van der Waals surface area contributed by atoms with E-state index in [1.807, 2.05) is 27.7 Å². The molecule has 4 heteroatoms. The van der Waals surface area contributed by atoms with E-state index in [1.54, 1.807) is 4.90 Å². The van der Waals surface area contributed by atoms with Crippen LogP contribution < -0.4 is 5.73 Å². The first-order valence-electron chi connectivity index (χ1n) is 5.92. The molecule has 1 rings (SSSR count). The minimum Gasteiger partial charge on any atom is -0.395 e. The number of nitrogens with zero attached hydrogens (tertiary/aromatic N) is 1. The minimum atomic E-state index is -0.606. The van der Waals surface area contributed by atoms with Crippen molar-refractivity contribution in [2.24, 2.45) is 11.1 Å². The van der Waals surface area contributed by atoms with Gasteiger partial charge in [0, 0.05) is 18.1 Å². The molecule has 1 aliphatic carbocycles. The lowest BCUT2D eigenvalue weighted by Gasteiger charge is -2.40. The average molecular weight is 228 g/mol. The number of hydrogen-bond acceptors (Lipinski definition) is 3. The van der Waals surface area contributed by atoms with Crippen molar-refractivity contribution in [2.75, 3.05) is 13.2 Å². The molecule has 0 aromatic heterocycles. The van der Waals surface area contributed by atoms with E-state index in [4.69, 9.17) is 10.8 Å². The molecule has 3 N–H and O–H groups in total. The van der Waals surface area contributed by atoms with Crippen molar-refractivity contribution in [1.82, 2.24) is 4.90 Å². The molecule has 1 aliphatic rings. The van der Waals surface area contributed by atoms with Gasteiger partial charge in [-0.2, -0.15) is 0 Å². The highest BCUT2D eigenvalue weighted by Crippen LogP contribution is 2.35. The zero-order valence-electron chi connectivity index (χ0n) is 10.8. The van der Waals surface area contributed by atoms with Gasteiger partial charge in [0.05, 0.1) is 12.0 Å². The van der Waals surface area contributed by atoms with Crippen LogP contribution in [0.4, 0.5) is 0 Å². The van der Waals surface area contributed by atoms with E-state index in [-0.39, 0.29) is 12.5 Å². The van der Waals surface area contributed by atoms with Gasteiger partial charge < -0.3 is 15.7 Å². The Hall–Kier alpha value is -0.610. The summed E-state index contributed by atoms with van der Waals surface area (Å²) < 4.78 is 0. The third kappa shape index (κ3) is 2.55. The molecule has 16 heavy (non-hydrogen) atoms. The fraction of sp³-hybridized carbons (Fsp3) is 0.917. The SMILES string of the molecule is CC(C)(N)C(C)(C)C(=O)N(CCO)C1CC1. The maximum atomic E-state index is 12.4. The molecule has 0 bridgehead atoms. The standard InChI is InChI=1S/C12H24N2O2/c1-11(2,12(3,4)13)10(16)14(7-8-15)9-5-6-9/h9,15H,5-8,13H2,1-4H3. The van der Waals surface area contributed by atoms with Gasteiger partial charge in [0.15, 0.2) is 0 Å². The molecular formula is C12H24N2O2. The molecule has 0 saturated heterocycles. The topological polar surface area (TPSA) is 66.6 Å². The number of hydrogen-bond donors (Lipinski definition) is 2. The van der Waals surface area contributed by atoms with Gasteiger partial charge in [0.2, 0.25) is 5.91 Å². The second-order valence-corrected chi connectivity index (χ2v) is 5.80. The van der Waals surface area contributed by atoms with Crippen LogP contribution in [0.2, 0.25) is 0 Å². The van der Waals surface area contributed by atoms with E-state index >= 15 is 0 Å². The van der Waals surface area contributed by atoms with Gasteiger partial charge in [0.1, 0.15) is 0 Å². The molecule has 1 fully saturated rings. The Balaban J connectivity index is 2.81. The number of carbonyl (C=O) groups excluding carboxylic acids is 1. The summed E-state index contributed by atoms with van der Waals surface area (Å²) in [6.07, 6.45) is 2.10. The fourth-order valence-electron chi connectivity index (χ4n) is 1.58. The third-order valence-corrected chi connectivity index (χ3v) is 3.73. The maximum absolute atomic E-state index is 12.4. The quantitative estimate of drug-likeness (QED) is 0.729. The summed E-state index contributed by atoms with van der Waals surface area (Å²) in [6, 6.07) is 0.321. The average Bonchev–Trinajstić information content (AvgIpc) is 2.94.